The van der Waals surface area contributed by atoms with Crippen molar-refractivity contribution in [2.45, 2.75) is 19.8 Å². The summed E-state index contributed by atoms with van der Waals surface area (Å²) in [4.78, 5) is 23.4. The van der Waals surface area contributed by atoms with Crippen LogP contribution in [0.4, 0.5) is 5.69 Å². The quantitative estimate of drug-likeness (QED) is 0.450. The summed E-state index contributed by atoms with van der Waals surface area (Å²) < 4.78 is 0. The van der Waals surface area contributed by atoms with Crippen molar-refractivity contribution in [2.75, 3.05) is 13.6 Å². The Morgan fingerprint density at radius 1 is 1.37 bits per heavy atom. The SMILES string of the molecule is CCCCN(C)C(=O)/C=C/c1ccc([N+](=O)[O-])cc1. The second-order valence-corrected chi connectivity index (χ2v) is 4.30. The molecule has 0 aliphatic heterocycles. The van der Waals surface area contributed by atoms with Crippen LogP contribution in [0.15, 0.2) is 30.3 Å². The highest BCUT2D eigenvalue weighted by Crippen LogP contribution is 2.12. The maximum atomic E-state index is 11.7. The number of unbranched alkanes of at least 4 members (excludes halogenated alkanes) is 1. The molecular formula is C14H18N2O3. The van der Waals surface area contributed by atoms with Crippen molar-refractivity contribution >= 4 is 17.7 Å². The number of hydrogen-bond donors (Lipinski definition) is 0. The van der Waals surface area contributed by atoms with Crippen LogP contribution in [0, 0.1) is 10.1 Å². The van der Waals surface area contributed by atoms with Crippen LogP contribution < -0.4 is 0 Å². The summed E-state index contributed by atoms with van der Waals surface area (Å²) in [6, 6.07) is 6.08. The number of non-ortho nitro benzene ring substituents is 1. The molecular weight excluding hydrogens is 244 g/mol. The van der Waals surface area contributed by atoms with Gasteiger partial charge in [-0.3, -0.25) is 14.9 Å². The van der Waals surface area contributed by atoms with Crippen molar-refractivity contribution in [1.82, 2.24) is 4.90 Å². The Morgan fingerprint density at radius 2 is 2.00 bits per heavy atom. The molecule has 0 aliphatic carbocycles. The number of carbonyl (C=O) groups is 1. The molecule has 102 valence electrons. The Hall–Kier alpha value is -2.17. The van der Waals surface area contributed by atoms with Crippen LogP contribution in [0.1, 0.15) is 25.3 Å². The minimum atomic E-state index is -0.447. The smallest absolute Gasteiger partial charge is 0.269 e. The Bertz CT molecular complexity index is 466. The predicted molar refractivity (Wildman–Crippen MR) is 74.7 cm³/mol. The summed E-state index contributed by atoms with van der Waals surface area (Å²) in [5, 5.41) is 10.5. The molecule has 5 heteroatoms. The third kappa shape index (κ3) is 4.91. The number of benzene rings is 1. The van der Waals surface area contributed by atoms with E-state index in [9.17, 15) is 14.9 Å². The van der Waals surface area contributed by atoms with E-state index in [1.807, 2.05) is 0 Å². The van der Waals surface area contributed by atoms with E-state index in [-0.39, 0.29) is 11.6 Å². The van der Waals surface area contributed by atoms with Crippen molar-refractivity contribution in [2.24, 2.45) is 0 Å². The van der Waals surface area contributed by atoms with E-state index in [2.05, 4.69) is 6.92 Å². The van der Waals surface area contributed by atoms with Gasteiger partial charge in [-0.15, -0.1) is 0 Å². The summed E-state index contributed by atoms with van der Waals surface area (Å²) in [5.41, 5.74) is 0.811. The maximum Gasteiger partial charge on any atom is 0.269 e. The molecule has 0 bridgehead atoms. The van der Waals surface area contributed by atoms with Crippen LogP contribution in [-0.4, -0.2) is 29.3 Å². The molecule has 0 N–H and O–H groups in total. The lowest BCUT2D eigenvalue weighted by atomic mass is 10.2. The molecule has 0 saturated heterocycles. The van der Waals surface area contributed by atoms with E-state index < -0.39 is 4.92 Å². The molecule has 1 aromatic carbocycles. The minimum absolute atomic E-state index is 0.0449. The van der Waals surface area contributed by atoms with Crippen molar-refractivity contribution in [3.8, 4) is 0 Å². The molecule has 1 aromatic rings. The number of amides is 1. The summed E-state index contributed by atoms with van der Waals surface area (Å²) in [7, 11) is 1.76. The van der Waals surface area contributed by atoms with Crippen molar-refractivity contribution in [1.29, 1.82) is 0 Å². The van der Waals surface area contributed by atoms with Crippen molar-refractivity contribution in [3.05, 3.63) is 46.0 Å². The van der Waals surface area contributed by atoms with Gasteiger partial charge in [0.2, 0.25) is 5.91 Å². The second kappa shape index (κ2) is 7.31. The van der Waals surface area contributed by atoms with Gasteiger partial charge in [-0.25, -0.2) is 0 Å². The highest BCUT2D eigenvalue weighted by atomic mass is 16.6. The van der Waals surface area contributed by atoms with Crippen LogP contribution in [-0.2, 0) is 4.79 Å². The van der Waals surface area contributed by atoms with Crippen molar-refractivity contribution < 1.29 is 9.72 Å². The molecule has 0 aliphatic rings. The minimum Gasteiger partial charge on any atom is -0.342 e. The monoisotopic (exact) mass is 262 g/mol. The second-order valence-electron chi connectivity index (χ2n) is 4.30. The number of nitrogens with zero attached hydrogens (tertiary/aromatic N) is 2. The highest BCUT2D eigenvalue weighted by Gasteiger charge is 2.04. The van der Waals surface area contributed by atoms with Gasteiger partial charge in [0, 0.05) is 31.8 Å². The largest absolute Gasteiger partial charge is 0.342 e. The van der Waals surface area contributed by atoms with Gasteiger partial charge in [-0.05, 0) is 30.2 Å². The van der Waals surface area contributed by atoms with Gasteiger partial charge in [-0.1, -0.05) is 13.3 Å². The van der Waals surface area contributed by atoms with Crippen LogP contribution in [0.25, 0.3) is 6.08 Å². The lowest BCUT2D eigenvalue weighted by molar-refractivity contribution is -0.384. The molecule has 0 saturated carbocycles. The lowest BCUT2D eigenvalue weighted by Crippen LogP contribution is -2.25. The zero-order valence-electron chi connectivity index (χ0n) is 11.2. The molecule has 19 heavy (non-hydrogen) atoms. The van der Waals surface area contributed by atoms with Gasteiger partial charge < -0.3 is 4.90 Å². The van der Waals surface area contributed by atoms with Crippen LogP contribution >= 0.6 is 0 Å². The number of likely N-dealkylation sites (N-methyl/N-ethyl adjacent to an activating group) is 1. The van der Waals surface area contributed by atoms with E-state index in [1.165, 1.54) is 18.2 Å². The molecule has 0 aromatic heterocycles. The highest BCUT2D eigenvalue weighted by molar-refractivity contribution is 5.91. The van der Waals surface area contributed by atoms with Crippen LogP contribution in [0.2, 0.25) is 0 Å². The third-order valence-corrected chi connectivity index (χ3v) is 2.75. The van der Waals surface area contributed by atoms with E-state index in [0.717, 1.165) is 24.9 Å². The van der Waals surface area contributed by atoms with Gasteiger partial charge in [0.1, 0.15) is 0 Å². The molecule has 0 unspecified atom stereocenters. The standard InChI is InChI=1S/C14H18N2O3/c1-3-4-11-15(2)14(17)10-7-12-5-8-13(9-6-12)16(18)19/h5-10H,3-4,11H2,1-2H3/b10-7+. The third-order valence-electron chi connectivity index (χ3n) is 2.75. The van der Waals surface area contributed by atoms with Gasteiger partial charge in [0.15, 0.2) is 0 Å². The van der Waals surface area contributed by atoms with E-state index in [1.54, 1.807) is 30.2 Å². The van der Waals surface area contributed by atoms with Crippen molar-refractivity contribution in [3.63, 3.8) is 0 Å². The number of hydrogen-bond acceptors (Lipinski definition) is 3. The molecule has 1 rings (SSSR count). The normalized spacial score (nSPS) is 10.6. The topological polar surface area (TPSA) is 63.5 Å². The lowest BCUT2D eigenvalue weighted by Gasteiger charge is -2.13. The average molecular weight is 262 g/mol. The van der Waals surface area contributed by atoms with Crippen LogP contribution in [0.5, 0.6) is 0 Å². The van der Waals surface area contributed by atoms with Crippen LogP contribution in [0.3, 0.4) is 0 Å². The summed E-state index contributed by atoms with van der Waals surface area (Å²) in [6.45, 7) is 2.81. The molecule has 5 nitrogen and oxygen atoms in total. The van der Waals surface area contributed by atoms with E-state index in [4.69, 9.17) is 0 Å². The summed E-state index contributed by atoms with van der Waals surface area (Å²) in [5.74, 6) is -0.0631. The fourth-order valence-corrected chi connectivity index (χ4v) is 1.51. The number of nitro groups is 1. The van der Waals surface area contributed by atoms with E-state index in [0.29, 0.717) is 0 Å². The summed E-state index contributed by atoms with van der Waals surface area (Å²) in [6.07, 6.45) is 5.17. The first-order chi connectivity index (χ1) is 9.04. The first-order valence-electron chi connectivity index (χ1n) is 6.22. The molecule has 0 fully saturated rings. The van der Waals surface area contributed by atoms with Gasteiger partial charge >= 0.3 is 0 Å². The Balaban J connectivity index is 2.60. The first kappa shape index (κ1) is 14.9. The zero-order chi connectivity index (χ0) is 14.3. The molecule has 0 spiro atoms. The van der Waals surface area contributed by atoms with Gasteiger partial charge in [0.25, 0.3) is 5.69 Å². The Kier molecular flexibility index (Phi) is 5.73. The van der Waals surface area contributed by atoms with Gasteiger partial charge in [0.05, 0.1) is 4.92 Å². The molecule has 0 atom stereocenters. The predicted octanol–water partition coefficient (Wildman–Crippen LogP) is 2.87. The number of rotatable bonds is 6. The zero-order valence-corrected chi connectivity index (χ0v) is 11.2. The van der Waals surface area contributed by atoms with E-state index >= 15 is 0 Å². The number of carbonyl (C=O) groups excluding carboxylic acids is 1. The fraction of sp³-hybridized carbons (Fsp3) is 0.357. The molecule has 0 heterocycles. The summed E-state index contributed by atoms with van der Waals surface area (Å²) >= 11 is 0. The first-order valence-corrected chi connectivity index (χ1v) is 6.22. The maximum absolute atomic E-state index is 11.7. The average Bonchev–Trinajstić information content (AvgIpc) is 2.42. The fourth-order valence-electron chi connectivity index (χ4n) is 1.51. The van der Waals surface area contributed by atoms with Gasteiger partial charge in [-0.2, -0.15) is 0 Å². The Morgan fingerprint density at radius 3 is 2.53 bits per heavy atom. The molecule has 0 radical (unpaired) electrons. The number of nitro benzene ring substituents is 1. The Labute approximate surface area is 112 Å². The molecule has 1 amide bonds.